The number of rotatable bonds is 3. The Balaban J connectivity index is 0.000000921. The lowest BCUT2D eigenvalue weighted by Crippen LogP contribution is -1.96. The summed E-state index contributed by atoms with van der Waals surface area (Å²) in [6.45, 7) is 8.16. The summed E-state index contributed by atoms with van der Waals surface area (Å²) in [6.07, 6.45) is 0.960. The number of ether oxygens (including phenoxy) is 2. The lowest BCUT2D eigenvalue weighted by atomic mass is 10.1. The van der Waals surface area contributed by atoms with E-state index >= 15 is 0 Å². The van der Waals surface area contributed by atoms with Gasteiger partial charge in [0.05, 0.1) is 14.2 Å². The predicted molar refractivity (Wildman–Crippen MR) is 65.0 cm³/mol. The van der Waals surface area contributed by atoms with E-state index in [0.29, 0.717) is 0 Å². The van der Waals surface area contributed by atoms with E-state index in [1.54, 1.807) is 14.2 Å². The van der Waals surface area contributed by atoms with Crippen LogP contribution in [-0.4, -0.2) is 14.2 Å². The van der Waals surface area contributed by atoms with Crippen LogP contribution in [0, 0.1) is 6.92 Å². The van der Waals surface area contributed by atoms with Crippen molar-refractivity contribution in [2.75, 3.05) is 14.2 Å². The van der Waals surface area contributed by atoms with Crippen molar-refractivity contribution in [1.82, 2.24) is 0 Å². The first kappa shape index (κ1) is 13.8. The number of benzene rings is 1. The van der Waals surface area contributed by atoms with Gasteiger partial charge in [-0.3, -0.25) is 0 Å². The highest BCUT2D eigenvalue weighted by molar-refractivity contribution is 5.49. The molecule has 0 N–H and O–H groups in total. The molecule has 0 saturated heterocycles. The third kappa shape index (κ3) is 3.46. The van der Waals surface area contributed by atoms with Crippen molar-refractivity contribution in [3.63, 3.8) is 0 Å². The Kier molecular flexibility index (Phi) is 6.59. The summed E-state index contributed by atoms with van der Waals surface area (Å²) in [7, 11) is 3.34. The molecular formula is C13H22O2. The third-order valence-corrected chi connectivity index (χ3v) is 2.08. The normalized spacial score (nSPS) is 8.93. The van der Waals surface area contributed by atoms with Crippen LogP contribution in [0.2, 0.25) is 0 Å². The zero-order chi connectivity index (χ0) is 11.8. The van der Waals surface area contributed by atoms with Crippen LogP contribution in [-0.2, 0) is 6.42 Å². The quantitative estimate of drug-likeness (QED) is 0.759. The monoisotopic (exact) mass is 210 g/mol. The van der Waals surface area contributed by atoms with Gasteiger partial charge in [0.25, 0.3) is 0 Å². The molecule has 0 aliphatic rings. The Bertz CT molecular complexity index is 268. The molecule has 86 valence electrons. The maximum absolute atomic E-state index is 5.29. The van der Waals surface area contributed by atoms with Crippen molar-refractivity contribution in [2.45, 2.75) is 34.1 Å². The minimum Gasteiger partial charge on any atom is -0.493 e. The van der Waals surface area contributed by atoms with Gasteiger partial charge in [0.1, 0.15) is 0 Å². The molecule has 0 radical (unpaired) electrons. The van der Waals surface area contributed by atoms with Gasteiger partial charge in [-0.1, -0.05) is 26.8 Å². The van der Waals surface area contributed by atoms with Crippen LogP contribution in [0.4, 0.5) is 0 Å². The van der Waals surface area contributed by atoms with E-state index in [0.717, 1.165) is 17.9 Å². The number of hydrogen-bond acceptors (Lipinski definition) is 2. The first-order valence-electron chi connectivity index (χ1n) is 5.44. The number of methoxy groups -OCH3 is 2. The molecule has 15 heavy (non-hydrogen) atoms. The Morgan fingerprint density at radius 1 is 1.07 bits per heavy atom. The summed E-state index contributed by atoms with van der Waals surface area (Å²) >= 11 is 0. The summed E-state index contributed by atoms with van der Waals surface area (Å²) in [5, 5.41) is 0. The van der Waals surface area contributed by atoms with Crippen LogP contribution < -0.4 is 9.47 Å². The highest BCUT2D eigenvalue weighted by Gasteiger charge is 2.08. The average molecular weight is 210 g/mol. The maximum atomic E-state index is 5.29. The topological polar surface area (TPSA) is 18.5 Å². The maximum Gasteiger partial charge on any atom is 0.163 e. The smallest absolute Gasteiger partial charge is 0.163 e. The molecule has 0 saturated carbocycles. The second kappa shape index (κ2) is 7.16. The number of hydrogen-bond donors (Lipinski definition) is 0. The zero-order valence-corrected chi connectivity index (χ0v) is 10.7. The summed E-state index contributed by atoms with van der Waals surface area (Å²) in [5.41, 5.74) is 2.40. The Morgan fingerprint density at radius 2 is 1.67 bits per heavy atom. The van der Waals surface area contributed by atoms with E-state index < -0.39 is 0 Å². The first-order valence-corrected chi connectivity index (χ1v) is 5.44. The molecule has 0 amide bonds. The highest BCUT2D eigenvalue weighted by atomic mass is 16.5. The van der Waals surface area contributed by atoms with E-state index in [1.165, 1.54) is 11.1 Å². The molecule has 0 fully saturated rings. The summed E-state index contributed by atoms with van der Waals surface area (Å²) in [5.74, 6) is 1.68. The summed E-state index contributed by atoms with van der Waals surface area (Å²) < 4.78 is 10.5. The third-order valence-electron chi connectivity index (χ3n) is 2.08. The van der Waals surface area contributed by atoms with Crippen LogP contribution in [0.15, 0.2) is 12.1 Å². The van der Waals surface area contributed by atoms with Crippen LogP contribution in [0.25, 0.3) is 0 Å². The van der Waals surface area contributed by atoms with Crippen molar-refractivity contribution >= 4 is 0 Å². The van der Waals surface area contributed by atoms with Gasteiger partial charge in [-0.25, -0.2) is 0 Å². The second-order valence-corrected chi connectivity index (χ2v) is 3.01. The van der Waals surface area contributed by atoms with Crippen molar-refractivity contribution in [2.24, 2.45) is 0 Å². The van der Waals surface area contributed by atoms with Gasteiger partial charge in [0, 0.05) is 0 Å². The minimum absolute atomic E-state index is 0.819. The van der Waals surface area contributed by atoms with E-state index in [4.69, 9.17) is 9.47 Å². The van der Waals surface area contributed by atoms with Crippen molar-refractivity contribution in [3.8, 4) is 11.5 Å². The van der Waals surface area contributed by atoms with Crippen LogP contribution in [0.5, 0.6) is 11.5 Å². The van der Waals surface area contributed by atoms with Gasteiger partial charge < -0.3 is 9.47 Å². The fourth-order valence-corrected chi connectivity index (χ4v) is 1.46. The van der Waals surface area contributed by atoms with Gasteiger partial charge in [-0.2, -0.15) is 0 Å². The number of aryl methyl sites for hydroxylation is 2. The lowest BCUT2D eigenvalue weighted by Gasteiger charge is -2.12. The van der Waals surface area contributed by atoms with Crippen LogP contribution >= 0.6 is 0 Å². The molecule has 0 unspecified atom stereocenters. The fraction of sp³-hybridized carbons (Fsp3) is 0.538. The fourth-order valence-electron chi connectivity index (χ4n) is 1.46. The summed E-state index contributed by atoms with van der Waals surface area (Å²) in [6, 6.07) is 4.11. The molecule has 1 rings (SSSR count). The molecule has 0 aliphatic heterocycles. The van der Waals surface area contributed by atoms with E-state index in [1.807, 2.05) is 19.9 Å². The van der Waals surface area contributed by atoms with Crippen LogP contribution in [0.3, 0.4) is 0 Å². The Labute approximate surface area is 93.2 Å². The average Bonchev–Trinajstić information content (AvgIpc) is 2.30. The van der Waals surface area contributed by atoms with Crippen molar-refractivity contribution in [1.29, 1.82) is 0 Å². The SMILES string of the molecule is CC.CCc1cc(C)cc(OC)c1OC. The second-order valence-electron chi connectivity index (χ2n) is 3.01. The molecular weight excluding hydrogens is 188 g/mol. The van der Waals surface area contributed by atoms with E-state index in [2.05, 4.69) is 19.9 Å². The lowest BCUT2D eigenvalue weighted by molar-refractivity contribution is 0.351. The van der Waals surface area contributed by atoms with Gasteiger partial charge in [-0.05, 0) is 30.5 Å². The Hall–Kier alpha value is -1.18. The molecule has 0 bridgehead atoms. The van der Waals surface area contributed by atoms with Gasteiger partial charge in [0.15, 0.2) is 11.5 Å². The molecule has 1 aromatic carbocycles. The van der Waals surface area contributed by atoms with Gasteiger partial charge >= 0.3 is 0 Å². The molecule has 1 aromatic rings. The predicted octanol–water partition coefficient (Wildman–Crippen LogP) is 3.60. The standard InChI is InChI=1S/C11H16O2.C2H6/c1-5-9-6-8(2)7-10(12-3)11(9)13-4;1-2/h6-7H,5H2,1-4H3;1-2H3. The van der Waals surface area contributed by atoms with E-state index in [9.17, 15) is 0 Å². The first-order chi connectivity index (χ1) is 7.22. The molecule has 0 aliphatic carbocycles. The van der Waals surface area contributed by atoms with Gasteiger partial charge in [0.2, 0.25) is 0 Å². The molecule has 0 aromatic heterocycles. The van der Waals surface area contributed by atoms with Crippen molar-refractivity contribution < 1.29 is 9.47 Å². The summed E-state index contributed by atoms with van der Waals surface area (Å²) in [4.78, 5) is 0. The molecule has 2 nitrogen and oxygen atoms in total. The van der Waals surface area contributed by atoms with E-state index in [-0.39, 0.29) is 0 Å². The molecule has 0 heterocycles. The molecule has 0 atom stereocenters. The van der Waals surface area contributed by atoms with Crippen molar-refractivity contribution in [3.05, 3.63) is 23.3 Å². The van der Waals surface area contributed by atoms with Gasteiger partial charge in [-0.15, -0.1) is 0 Å². The molecule has 2 heteroatoms. The highest BCUT2D eigenvalue weighted by Crippen LogP contribution is 2.32. The molecule has 0 spiro atoms. The minimum atomic E-state index is 0.819. The Morgan fingerprint density at radius 3 is 2.07 bits per heavy atom. The zero-order valence-electron chi connectivity index (χ0n) is 10.7. The van der Waals surface area contributed by atoms with Crippen LogP contribution in [0.1, 0.15) is 31.9 Å². The largest absolute Gasteiger partial charge is 0.493 e.